The van der Waals surface area contributed by atoms with E-state index >= 15 is 14.4 Å². The van der Waals surface area contributed by atoms with Crippen LogP contribution in [0.4, 0.5) is 0 Å². The number of phenolic OH excluding ortho intramolecular Hbond substituents is 5. The number of aliphatic hydroxyl groups is 1. The number of amides is 6. The smallest absolute Gasteiger partial charge is 0.446 e. The number of rotatable bonds is 3. The highest BCUT2D eigenvalue weighted by Gasteiger charge is 2.42. The van der Waals surface area contributed by atoms with Crippen LogP contribution in [0.2, 0.25) is 15.1 Å². The minimum Gasteiger partial charge on any atom is -0.508 e. The number of fused-ring (bicyclic) bond motifs is 14. The van der Waals surface area contributed by atoms with Gasteiger partial charge in [0.15, 0.2) is 29.0 Å². The molecule has 28 nitrogen and oxygen atoms in total. The minimum absolute atomic E-state index is 0.0722. The van der Waals surface area contributed by atoms with Crippen molar-refractivity contribution in [1.82, 2.24) is 31.9 Å². The molecule has 16 N–H and O–H groups in total. The molecule has 1 unspecified atom stereocenters. The summed E-state index contributed by atoms with van der Waals surface area (Å²) in [6.07, 6.45) is -2.62. The maximum atomic E-state index is 15.8. The van der Waals surface area contributed by atoms with Crippen LogP contribution >= 0.6 is 34.8 Å². The van der Waals surface area contributed by atoms with Crippen molar-refractivity contribution in [2.24, 2.45) is 5.73 Å². The lowest BCUT2D eigenvalue weighted by Gasteiger charge is -2.31. The predicted molar refractivity (Wildman–Crippen MR) is 310 cm³/mol. The number of ether oxygens (including phenoxy) is 3. The topological polar surface area (TPSA) is 451 Å². The van der Waals surface area contributed by atoms with Gasteiger partial charge in [-0.05, 0) is 112 Å². The van der Waals surface area contributed by atoms with Crippen LogP contribution < -0.4 is 56.0 Å². The zero-order valence-corrected chi connectivity index (χ0v) is 48.3. The molecule has 7 aromatic carbocycles. The molecular formula is C58H44Cl3N7O21S. The fourth-order valence-electron chi connectivity index (χ4n) is 10.4. The Morgan fingerprint density at radius 2 is 1.11 bits per heavy atom. The summed E-state index contributed by atoms with van der Waals surface area (Å²) >= 11 is 20.3. The van der Waals surface area contributed by atoms with E-state index in [9.17, 15) is 67.9 Å². The lowest BCUT2D eigenvalue weighted by Crippen LogP contribution is -2.55. The maximum Gasteiger partial charge on any atom is 0.446 e. The molecule has 17 bridgehead atoms. The molecule has 0 aromatic heterocycles. The first-order valence-corrected chi connectivity index (χ1v) is 28.8. The average Bonchev–Trinajstić information content (AvgIpc) is 0.775. The molecule has 90 heavy (non-hydrogen) atoms. The van der Waals surface area contributed by atoms with Gasteiger partial charge in [0.25, 0.3) is 0 Å². The van der Waals surface area contributed by atoms with E-state index in [-0.39, 0.29) is 43.8 Å². The van der Waals surface area contributed by atoms with Gasteiger partial charge in [0.1, 0.15) is 82.6 Å². The Morgan fingerprint density at radius 1 is 0.544 bits per heavy atom. The number of nitrogens with one attached hydrogen (secondary N) is 6. The summed E-state index contributed by atoms with van der Waals surface area (Å²) in [7, 11) is -5.27. The number of phenols is 5. The van der Waals surface area contributed by atoms with E-state index < -0.39 is 197 Å². The van der Waals surface area contributed by atoms with E-state index in [1.807, 2.05) is 0 Å². The van der Waals surface area contributed by atoms with E-state index in [1.54, 1.807) is 0 Å². The maximum absolute atomic E-state index is 15.8. The molecule has 0 radical (unpaired) electrons. The van der Waals surface area contributed by atoms with Crippen LogP contribution in [0.15, 0.2) is 109 Å². The fraction of sp³-hybridized carbons (Fsp3) is 0.155. The lowest BCUT2D eigenvalue weighted by atomic mass is 9.89. The van der Waals surface area contributed by atoms with Gasteiger partial charge in [-0.3, -0.25) is 33.3 Å². The summed E-state index contributed by atoms with van der Waals surface area (Å²) in [5.74, 6) is -17.0. The van der Waals surface area contributed by atoms with Crippen molar-refractivity contribution < 1.29 is 101 Å². The van der Waals surface area contributed by atoms with Crippen LogP contribution in [0, 0.1) is 0 Å². The second kappa shape index (κ2) is 23.7. The van der Waals surface area contributed by atoms with Crippen molar-refractivity contribution in [3.8, 4) is 80.1 Å². The highest BCUT2D eigenvalue weighted by Crippen LogP contribution is 2.49. The third-order valence-corrected chi connectivity index (χ3v) is 16.0. The standard InChI is InChI=1S/C58H44Cl3N7O21S/c59-31-7-20-1-4-36(31)87-40-15-25-16-41(51(40)74)88-37-5-3-22(12-32(37)60)49(72)48-57(80)67-47(58(81)82)29-18-27(70)19-35(71)42(29)30-11-24(13-33(61)50(30)73)45(56(79)68-48)65-55(78)46(25)66-54(77)44-23-9-26(69)17-28(10-23)86-39-14-21(2-6-38(39)89-90(83,84)85)43(62)53(76)63-34(8-20)52(75)64-44/h1-7,9-19,34,43-49,69-74H,8,62H2,(H,63,76)(H,64,75)(H,65,78)(H,66,77)(H,67,80)(H,68,79)(H,81,82)(H,83,84,85)/t34-,43-,44+,45-,46-,47?,48+,49-/m1/s1. The van der Waals surface area contributed by atoms with Gasteiger partial charge in [-0.1, -0.05) is 53.0 Å². The Bertz CT molecular complexity index is 4390. The van der Waals surface area contributed by atoms with Crippen molar-refractivity contribution in [2.45, 2.75) is 54.8 Å². The molecule has 32 heteroatoms. The minimum atomic E-state index is -5.27. The Balaban J connectivity index is 1.15. The summed E-state index contributed by atoms with van der Waals surface area (Å²) in [4.78, 5) is 104. The second-order valence-corrected chi connectivity index (χ2v) is 23.0. The molecule has 6 amide bonds. The molecule has 0 spiro atoms. The lowest BCUT2D eigenvalue weighted by molar-refractivity contribution is -0.143. The Kier molecular flexibility index (Phi) is 16.2. The number of aromatic hydroxyl groups is 5. The van der Waals surface area contributed by atoms with Gasteiger partial charge in [0.2, 0.25) is 41.2 Å². The summed E-state index contributed by atoms with van der Waals surface area (Å²) < 4.78 is 56.8. The van der Waals surface area contributed by atoms with Gasteiger partial charge in [0.05, 0.1) is 15.1 Å². The van der Waals surface area contributed by atoms with E-state index in [0.29, 0.717) is 0 Å². The van der Waals surface area contributed by atoms with Gasteiger partial charge in [-0.15, -0.1) is 0 Å². The van der Waals surface area contributed by atoms with Crippen LogP contribution in [0.3, 0.4) is 0 Å². The normalized spacial score (nSPS) is 21.6. The second-order valence-electron chi connectivity index (χ2n) is 20.7. The summed E-state index contributed by atoms with van der Waals surface area (Å²) in [5, 5.41) is 93.3. The number of carboxylic acid groups (broad SMARTS) is 1. The number of carbonyl (C=O) groups is 7. The zero-order chi connectivity index (χ0) is 64.5. The molecule has 0 aliphatic carbocycles. The monoisotopic (exact) mass is 1310 g/mol. The Morgan fingerprint density at radius 3 is 1.74 bits per heavy atom. The van der Waals surface area contributed by atoms with Crippen LogP contribution in [0.5, 0.6) is 69.0 Å². The Labute approximate surface area is 520 Å². The highest BCUT2D eigenvalue weighted by atomic mass is 35.5. The third kappa shape index (κ3) is 12.2. The van der Waals surface area contributed by atoms with E-state index in [1.165, 1.54) is 18.2 Å². The molecule has 464 valence electrons. The van der Waals surface area contributed by atoms with E-state index in [2.05, 4.69) is 31.9 Å². The molecule has 0 saturated carbocycles. The average molecular weight is 1310 g/mol. The number of nitrogens with two attached hydrogens (primary N) is 1. The van der Waals surface area contributed by atoms with E-state index in [4.69, 9.17) is 58.9 Å². The number of halogens is 3. The largest absolute Gasteiger partial charge is 0.508 e. The van der Waals surface area contributed by atoms with Gasteiger partial charge in [-0.25, -0.2) is 4.79 Å². The molecule has 6 aliphatic rings. The number of hydrogen-bond donors (Lipinski definition) is 15. The number of carboxylic acids is 1. The number of hydrogen-bond acceptors (Lipinski definition) is 20. The first kappa shape index (κ1) is 61.4. The van der Waals surface area contributed by atoms with E-state index in [0.717, 1.165) is 91.0 Å². The highest BCUT2D eigenvalue weighted by molar-refractivity contribution is 7.81. The van der Waals surface area contributed by atoms with Gasteiger partial charge in [0, 0.05) is 35.2 Å². The number of carbonyl (C=O) groups excluding carboxylic acids is 6. The van der Waals surface area contributed by atoms with Crippen molar-refractivity contribution in [3.63, 3.8) is 0 Å². The van der Waals surface area contributed by atoms with Crippen LogP contribution in [0.25, 0.3) is 11.1 Å². The SMILES string of the molecule is N[C@H]1C(=O)N[C@@H]2Cc3ccc(c(Cl)c3)Oc3cc4cc(c3O)Oc3ccc(cc3Cl)[C@@H](O)[C@@H]3NC(=O)[C@H](NC(=O)[C@@H]4NC(=O)[C@@H](NC2=O)c2cc(O)cc(c2)Oc2cc1ccc2OS(=O)(=O)O)c1cc(Cl)c(O)c(c1)-c1c(O)cc(O)cc1C(C(=O)O)NC3=O. The molecule has 7 aromatic rings. The molecule has 8 atom stereocenters. The third-order valence-electron chi connectivity index (χ3n) is 14.7. The molecule has 0 fully saturated rings. The molecule has 6 aliphatic heterocycles. The first-order valence-electron chi connectivity index (χ1n) is 26.3. The van der Waals surface area contributed by atoms with Gasteiger partial charge >= 0.3 is 16.4 Å². The molecular weight excluding hydrogens is 1270 g/mol. The Hall–Kier alpha value is -10.3. The van der Waals surface area contributed by atoms with Crippen LogP contribution in [0.1, 0.15) is 75.3 Å². The van der Waals surface area contributed by atoms with Crippen LogP contribution in [-0.4, -0.2) is 102 Å². The van der Waals surface area contributed by atoms with Crippen LogP contribution in [-0.2, 0) is 50.4 Å². The summed E-state index contributed by atoms with van der Waals surface area (Å²) in [6.45, 7) is 0. The number of benzene rings is 7. The fourth-order valence-corrected chi connectivity index (χ4v) is 11.5. The van der Waals surface area contributed by atoms with Crippen molar-refractivity contribution in [3.05, 3.63) is 163 Å². The summed E-state index contributed by atoms with van der Waals surface area (Å²) in [6, 6.07) is 4.56. The van der Waals surface area contributed by atoms with Crippen molar-refractivity contribution in [1.29, 1.82) is 0 Å². The summed E-state index contributed by atoms with van der Waals surface area (Å²) in [5.41, 5.74) is 3.40. The van der Waals surface area contributed by atoms with Gasteiger partial charge < -0.3 is 91.8 Å². The molecule has 6 heterocycles. The number of aliphatic carboxylic acids is 1. The first-order chi connectivity index (χ1) is 42.6. The predicted octanol–water partition coefficient (Wildman–Crippen LogP) is 5.11. The van der Waals surface area contributed by atoms with Gasteiger partial charge in [-0.2, -0.15) is 8.42 Å². The van der Waals surface area contributed by atoms with Crippen molar-refractivity contribution in [2.75, 3.05) is 0 Å². The molecule has 13 rings (SSSR count). The molecule has 0 saturated heterocycles. The van der Waals surface area contributed by atoms with Crippen molar-refractivity contribution >= 4 is 86.6 Å². The quantitative estimate of drug-likeness (QED) is 0.102. The number of aliphatic hydroxyl groups excluding tert-OH is 1. The zero-order valence-electron chi connectivity index (χ0n) is 45.2.